The molecular formula is C15H30N4OS. The molecule has 0 aromatic heterocycles. The number of amides is 1. The highest BCUT2D eigenvalue weighted by atomic mass is 32.2. The van der Waals surface area contributed by atoms with Crippen LogP contribution in [-0.2, 0) is 4.79 Å². The van der Waals surface area contributed by atoms with Crippen LogP contribution in [0.5, 0.6) is 0 Å². The van der Waals surface area contributed by atoms with Crippen LogP contribution in [0, 0.1) is 5.41 Å². The molecule has 1 amide bonds. The number of hydrogen-bond acceptors (Lipinski definition) is 3. The molecule has 0 aromatic rings. The molecule has 21 heavy (non-hydrogen) atoms. The van der Waals surface area contributed by atoms with Crippen molar-refractivity contribution in [2.75, 3.05) is 32.4 Å². The smallest absolute Gasteiger partial charge is 0.227 e. The third kappa shape index (κ3) is 5.77. The van der Waals surface area contributed by atoms with Crippen molar-refractivity contribution in [2.45, 2.75) is 45.3 Å². The van der Waals surface area contributed by atoms with Crippen LogP contribution in [0.3, 0.4) is 0 Å². The summed E-state index contributed by atoms with van der Waals surface area (Å²) in [6.07, 6.45) is 2.53. The lowest BCUT2D eigenvalue weighted by Gasteiger charge is -2.27. The Morgan fingerprint density at radius 2 is 2.05 bits per heavy atom. The van der Waals surface area contributed by atoms with Crippen molar-refractivity contribution < 1.29 is 4.79 Å². The van der Waals surface area contributed by atoms with Gasteiger partial charge in [-0.25, -0.2) is 0 Å². The van der Waals surface area contributed by atoms with Gasteiger partial charge in [0.1, 0.15) is 0 Å². The first-order valence-corrected chi connectivity index (χ1v) is 8.68. The normalized spacial score (nSPS) is 23.0. The standard InChI is InChI=1S/C15H30N4OS/c1-6-17-12(20)14(2,3)10-18-13(16-5)19-11-15(4)8-7-9-21-15/h6-11H2,1-5H3,(H,17,20)(H2,16,18,19). The third-order valence-corrected chi connectivity index (χ3v) is 5.34. The largest absolute Gasteiger partial charge is 0.356 e. The van der Waals surface area contributed by atoms with Crippen LogP contribution in [-0.4, -0.2) is 49.0 Å². The van der Waals surface area contributed by atoms with Gasteiger partial charge in [-0.05, 0) is 46.3 Å². The van der Waals surface area contributed by atoms with E-state index in [1.165, 1.54) is 18.6 Å². The highest BCUT2D eigenvalue weighted by Gasteiger charge is 2.30. The average molecular weight is 314 g/mol. The van der Waals surface area contributed by atoms with Gasteiger partial charge >= 0.3 is 0 Å². The number of nitrogens with zero attached hydrogens (tertiary/aromatic N) is 1. The van der Waals surface area contributed by atoms with E-state index in [1.807, 2.05) is 32.5 Å². The molecule has 1 heterocycles. The van der Waals surface area contributed by atoms with Crippen molar-refractivity contribution in [3.05, 3.63) is 0 Å². The molecular weight excluding hydrogens is 284 g/mol. The molecule has 1 aliphatic rings. The molecule has 1 fully saturated rings. The number of hydrogen-bond donors (Lipinski definition) is 3. The van der Waals surface area contributed by atoms with E-state index in [0.29, 0.717) is 17.8 Å². The van der Waals surface area contributed by atoms with Gasteiger partial charge in [-0.3, -0.25) is 9.79 Å². The van der Waals surface area contributed by atoms with Gasteiger partial charge < -0.3 is 16.0 Å². The van der Waals surface area contributed by atoms with Gasteiger partial charge in [0, 0.05) is 31.4 Å². The summed E-state index contributed by atoms with van der Waals surface area (Å²) in [4.78, 5) is 16.2. The Kier molecular flexibility index (Phi) is 6.84. The zero-order valence-electron chi connectivity index (χ0n) is 14.0. The number of rotatable bonds is 6. The zero-order valence-corrected chi connectivity index (χ0v) is 14.8. The lowest BCUT2D eigenvalue weighted by atomic mass is 9.92. The first kappa shape index (κ1) is 18.1. The molecule has 122 valence electrons. The van der Waals surface area contributed by atoms with Gasteiger partial charge in [-0.15, -0.1) is 0 Å². The minimum atomic E-state index is -0.459. The number of guanidine groups is 1. The summed E-state index contributed by atoms with van der Waals surface area (Å²) in [7, 11) is 1.76. The number of thioether (sulfide) groups is 1. The second-order valence-corrected chi connectivity index (χ2v) is 8.11. The van der Waals surface area contributed by atoms with E-state index in [4.69, 9.17) is 0 Å². The predicted octanol–water partition coefficient (Wildman–Crippen LogP) is 1.60. The van der Waals surface area contributed by atoms with Crippen molar-refractivity contribution in [1.82, 2.24) is 16.0 Å². The van der Waals surface area contributed by atoms with E-state index >= 15 is 0 Å². The van der Waals surface area contributed by atoms with Crippen LogP contribution in [0.25, 0.3) is 0 Å². The van der Waals surface area contributed by atoms with E-state index in [9.17, 15) is 4.79 Å². The molecule has 0 radical (unpaired) electrons. The molecule has 0 aliphatic carbocycles. The first-order chi connectivity index (χ1) is 9.83. The maximum absolute atomic E-state index is 12.0. The molecule has 6 heteroatoms. The second kappa shape index (κ2) is 7.92. The van der Waals surface area contributed by atoms with Crippen LogP contribution in [0.2, 0.25) is 0 Å². The Morgan fingerprint density at radius 1 is 1.33 bits per heavy atom. The molecule has 1 rings (SSSR count). The lowest BCUT2D eigenvalue weighted by molar-refractivity contribution is -0.128. The molecule has 3 N–H and O–H groups in total. The molecule has 0 spiro atoms. The Labute approximate surface area is 133 Å². The fourth-order valence-electron chi connectivity index (χ4n) is 2.25. The van der Waals surface area contributed by atoms with Gasteiger partial charge in [-0.1, -0.05) is 0 Å². The summed E-state index contributed by atoms with van der Waals surface area (Å²) in [6.45, 7) is 10.2. The van der Waals surface area contributed by atoms with Gasteiger partial charge in [0.15, 0.2) is 5.96 Å². The van der Waals surface area contributed by atoms with Gasteiger partial charge in [0.25, 0.3) is 0 Å². The average Bonchev–Trinajstić information content (AvgIpc) is 2.86. The monoisotopic (exact) mass is 314 g/mol. The summed E-state index contributed by atoms with van der Waals surface area (Å²) < 4.78 is 0.298. The van der Waals surface area contributed by atoms with Crippen LogP contribution in [0.4, 0.5) is 0 Å². The Hall–Kier alpha value is -0.910. The summed E-state index contributed by atoms with van der Waals surface area (Å²) in [5.74, 6) is 2.07. The second-order valence-electron chi connectivity index (χ2n) is 6.42. The SMILES string of the molecule is CCNC(=O)C(C)(C)CNC(=NC)NCC1(C)CCCS1. The summed E-state index contributed by atoms with van der Waals surface area (Å²) in [5, 5.41) is 9.51. The Balaban J connectivity index is 2.42. The number of carbonyl (C=O) groups is 1. The topological polar surface area (TPSA) is 65.5 Å². The van der Waals surface area contributed by atoms with Crippen LogP contribution < -0.4 is 16.0 Å². The van der Waals surface area contributed by atoms with Crippen molar-refractivity contribution in [3.8, 4) is 0 Å². The van der Waals surface area contributed by atoms with Crippen LogP contribution >= 0.6 is 11.8 Å². The van der Waals surface area contributed by atoms with Gasteiger partial charge in [0.2, 0.25) is 5.91 Å². The number of carbonyl (C=O) groups excluding carboxylic acids is 1. The first-order valence-electron chi connectivity index (χ1n) is 7.70. The number of aliphatic imine (C=N–C) groups is 1. The quantitative estimate of drug-likeness (QED) is 0.515. The molecule has 1 unspecified atom stereocenters. The summed E-state index contributed by atoms with van der Waals surface area (Å²) in [6, 6.07) is 0. The Morgan fingerprint density at radius 3 is 2.57 bits per heavy atom. The summed E-state index contributed by atoms with van der Waals surface area (Å²) >= 11 is 2.02. The molecule has 0 bridgehead atoms. The minimum Gasteiger partial charge on any atom is -0.356 e. The van der Waals surface area contributed by atoms with E-state index in [2.05, 4.69) is 27.9 Å². The predicted molar refractivity (Wildman–Crippen MR) is 91.9 cm³/mol. The van der Waals surface area contributed by atoms with E-state index in [1.54, 1.807) is 7.05 Å². The van der Waals surface area contributed by atoms with Crippen LogP contribution in [0.1, 0.15) is 40.5 Å². The highest BCUT2D eigenvalue weighted by molar-refractivity contribution is 8.00. The van der Waals surface area contributed by atoms with Crippen molar-refractivity contribution in [2.24, 2.45) is 10.4 Å². The highest BCUT2D eigenvalue weighted by Crippen LogP contribution is 2.36. The van der Waals surface area contributed by atoms with Crippen molar-refractivity contribution >= 4 is 23.6 Å². The number of nitrogens with one attached hydrogen (secondary N) is 3. The Bertz CT molecular complexity index is 376. The molecule has 1 saturated heterocycles. The van der Waals surface area contributed by atoms with Crippen molar-refractivity contribution in [3.63, 3.8) is 0 Å². The zero-order chi connectivity index (χ0) is 15.9. The minimum absolute atomic E-state index is 0.0614. The lowest BCUT2D eigenvalue weighted by Crippen LogP contribution is -2.49. The summed E-state index contributed by atoms with van der Waals surface area (Å²) in [5.41, 5.74) is -0.459. The van der Waals surface area contributed by atoms with Gasteiger partial charge in [0.05, 0.1) is 5.41 Å². The maximum Gasteiger partial charge on any atom is 0.227 e. The third-order valence-electron chi connectivity index (χ3n) is 3.80. The van der Waals surface area contributed by atoms with E-state index in [0.717, 1.165) is 12.5 Å². The fourth-order valence-corrected chi connectivity index (χ4v) is 3.50. The molecule has 0 aromatic carbocycles. The molecule has 1 atom stereocenters. The fraction of sp³-hybridized carbons (Fsp3) is 0.867. The van der Waals surface area contributed by atoms with Crippen molar-refractivity contribution in [1.29, 1.82) is 0 Å². The van der Waals surface area contributed by atoms with Gasteiger partial charge in [-0.2, -0.15) is 11.8 Å². The van der Waals surface area contributed by atoms with E-state index < -0.39 is 5.41 Å². The van der Waals surface area contributed by atoms with Crippen LogP contribution in [0.15, 0.2) is 4.99 Å². The molecule has 5 nitrogen and oxygen atoms in total. The van der Waals surface area contributed by atoms with E-state index in [-0.39, 0.29) is 5.91 Å². The maximum atomic E-state index is 12.0. The molecule has 0 saturated carbocycles. The molecule has 1 aliphatic heterocycles.